The average molecular weight is 876 g/mol. The molecule has 2 aromatic carbocycles. The van der Waals surface area contributed by atoms with E-state index in [-0.39, 0.29) is 29.7 Å². The summed E-state index contributed by atoms with van der Waals surface area (Å²) >= 11 is 0. The highest BCUT2D eigenvalue weighted by Gasteiger charge is 2.78. The quantitative estimate of drug-likeness (QED) is 0.0891. The Balaban J connectivity index is 1.57. The summed E-state index contributed by atoms with van der Waals surface area (Å²) in [4.78, 5) is 84.0. The Bertz CT molecular complexity index is 2190. The highest BCUT2D eigenvalue weighted by molar-refractivity contribution is 5.96. The molecule has 16 nitrogen and oxygen atoms in total. The van der Waals surface area contributed by atoms with Gasteiger partial charge in [0.25, 0.3) is 0 Å². The van der Waals surface area contributed by atoms with Crippen LogP contribution in [0.15, 0.2) is 83.5 Å². The molecule has 16 heteroatoms. The Morgan fingerprint density at radius 2 is 1.57 bits per heavy atom. The van der Waals surface area contributed by atoms with Gasteiger partial charge in [0.15, 0.2) is 23.6 Å². The minimum Gasteiger partial charge on any atom is -0.456 e. The van der Waals surface area contributed by atoms with Crippen LogP contribution in [-0.4, -0.2) is 117 Å². The number of carbonyl (C=O) groups is 6. The lowest BCUT2D eigenvalue weighted by molar-refractivity contribution is -0.346. The van der Waals surface area contributed by atoms with Crippen molar-refractivity contribution in [2.24, 2.45) is 16.7 Å². The molecule has 2 bridgehead atoms. The molecule has 4 aliphatic rings. The number of nitrogens with one attached hydrogen (secondary N) is 1. The third-order valence-corrected chi connectivity index (χ3v) is 13.7. The number of ketones is 1. The van der Waals surface area contributed by atoms with E-state index in [2.05, 4.69) is 5.32 Å². The lowest BCUT2D eigenvalue weighted by Gasteiger charge is -2.67. The SMILES string of the molecule is C/C=C(\C)C(=O)NC(c1ccccc1)[C@@H](O)C(=O)O[C@H]1C[C@@]2(O)[C@@H](OC(=O)c3ccccc3)[C@@H]3[C@]4(OC(C)=O)CO[C@@H]4C[C@H](O)[C@@]3(C)C(=O)[C@H](OC(=O)CC(C)O)C(=C1C)C2(C)C. The zero-order valence-corrected chi connectivity index (χ0v) is 36.7. The summed E-state index contributed by atoms with van der Waals surface area (Å²) in [5.41, 5.74) is -7.33. The van der Waals surface area contributed by atoms with Gasteiger partial charge in [-0.15, -0.1) is 0 Å². The Morgan fingerprint density at radius 3 is 2.13 bits per heavy atom. The minimum atomic E-state index is -2.44. The molecule has 2 unspecified atom stereocenters. The van der Waals surface area contributed by atoms with Crippen LogP contribution >= 0.6 is 0 Å². The van der Waals surface area contributed by atoms with E-state index in [9.17, 15) is 44.4 Å². The predicted octanol–water partition coefficient (Wildman–Crippen LogP) is 3.14. The number of aliphatic hydroxyl groups excluding tert-OH is 3. The van der Waals surface area contributed by atoms with Gasteiger partial charge in [0.1, 0.15) is 23.9 Å². The molecule has 12 atom stereocenters. The number of carbonyl (C=O) groups excluding carboxylic acids is 6. The van der Waals surface area contributed by atoms with Crippen LogP contribution < -0.4 is 5.32 Å². The second-order valence-electron chi connectivity index (χ2n) is 17.9. The van der Waals surface area contributed by atoms with Crippen LogP contribution in [0.5, 0.6) is 0 Å². The lowest BCUT2D eigenvalue weighted by atomic mass is 9.44. The van der Waals surface area contributed by atoms with Crippen LogP contribution in [0.3, 0.4) is 0 Å². The molecule has 5 N–H and O–H groups in total. The van der Waals surface area contributed by atoms with Crippen LogP contribution in [-0.2, 0) is 47.7 Å². The number of esters is 4. The maximum atomic E-state index is 15.7. The molecule has 1 amide bonds. The molecule has 3 aliphatic carbocycles. The van der Waals surface area contributed by atoms with E-state index >= 15 is 4.79 Å². The number of fused-ring (bicyclic) bond motifs is 5. The molecule has 0 radical (unpaired) electrons. The van der Waals surface area contributed by atoms with E-state index in [0.29, 0.717) is 11.1 Å². The van der Waals surface area contributed by atoms with E-state index in [1.165, 1.54) is 46.8 Å². The van der Waals surface area contributed by atoms with Crippen molar-refractivity contribution >= 4 is 35.6 Å². The van der Waals surface area contributed by atoms with Gasteiger partial charge in [-0.25, -0.2) is 9.59 Å². The Kier molecular flexibility index (Phi) is 13.3. The Labute approximate surface area is 365 Å². The van der Waals surface area contributed by atoms with Crippen molar-refractivity contribution in [3.05, 3.63) is 94.6 Å². The number of Topliss-reactive ketones (excluding diaryl/α,β-unsaturated/α-hetero) is 1. The summed E-state index contributed by atoms with van der Waals surface area (Å²) < 4.78 is 30.4. The Hall–Kier alpha value is -5.26. The van der Waals surface area contributed by atoms with Gasteiger partial charge in [0, 0.05) is 30.8 Å². The first-order chi connectivity index (χ1) is 29.5. The number of benzene rings is 2. The molecule has 1 aliphatic heterocycles. The van der Waals surface area contributed by atoms with Crippen molar-refractivity contribution in [2.75, 3.05) is 6.61 Å². The van der Waals surface area contributed by atoms with Gasteiger partial charge in [-0.3, -0.25) is 19.2 Å². The van der Waals surface area contributed by atoms with Crippen LogP contribution in [0.1, 0.15) is 96.6 Å². The van der Waals surface area contributed by atoms with E-state index in [1.807, 2.05) is 0 Å². The molecule has 63 heavy (non-hydrogen) atoms. The zero-order chi connectivity index (χ0) is 46.4. The summed E-state index contributed by atoms with van der Waals surface area (Å²) in [5.74, 6) is -7.13. The molecule has 2 aromatic rings. The second kappa shape index (κ2) is 17.7. The van der Waals surface area contributed by atoms with Gasteiger partial charge in [-0.05, 0) is 63.5 Å². The van der Waals surface area contributed by atoms with Gasteiger partial charge in [0.2, 0.25) is 5.91 Å². The predicted molar refractivity (Wildman–Crippen MR) is 222 cm³/mol. The number of ether oxygens (including phenoxy) is 5. The van der Waals surface area contributed by atoms with E-state index < -0.39 is 125 Å². The fourth-order valence-corrected chi connectivity index (χ4v) is 10.0. The molecule has 6 rings (SSSR count). The third kappa shape index (κ3) is 8.23. The van der Waals surface area contributed by atoms with Gasteiger partial charge in [-0.1, -0.05) is 68.5 Å². The molecule has 0 aromatic heterocycles. The highest BCUT2D eigenvalue weighted by Crippen LogP contribution is 2.64. The first kappa shape index (κ1) is 47.2. The topological polar surface area (TPSA) is 242 Å². The summed E-state index contributed by atoms with van der Waals surface area (Å²) in [6.07, 6.45) is -11.1. The first-order valence-corrected chi connectivity index (χ1v) is 21.0. The van der Waals surface area contributed by atoms with Gasteiger partial charge in [-0.2, -0.15) is 0 Å². The van der Waals surface area contributed by atoms with Crippen molar-refractivity contribution in [3.63, 3.8) is 0 Å². The normalized spacial score (nSPS) is 32.4. The van der Waals surface area contributed by atoms with Gasteiger partial charge < -0.3 is 49.4 Å². The molecule has 3 fully saturated rings. The third-order valence-electron chi connectivity index (χ3n) is 13.7. The average Bonchev–Trinajstić information content (AvgIpc) is 3.23. The molecule has 0 spiro atoms. The zero-order valence-electron chi connectivity index (χ0n) is 36.7. The molecular formula is C47H57NO15. The number of hydrogen-bond acceptors (Lipinski definition) is 15. The van der Waals surface area contributed by atoms with E-state index in [0.717, 1.165) is 6.92 Å². The maximum absolute atomic E-state index is 15.7. The van der Waals surface area contributed by atoms with Crippen LogP contribution in [0.2, 0.25) is 0 Å². The fourth-order valence-electron chi connectivity index (χ4n) is 10.0. The monoisotopic (exact) mass is 875 g/mol. The number of rotatable bonds is 12. The number of aliphatic hydroxyl groups is 4. The van der Waals surface area contributed by atoms with Crippen LogP contribution in [0, 0.1) is 16.7 Å². The molecule has 340 valence electrons. The van der Waals surface area contributed by atoms with Crippen LogP contribution in [0.25, 0.3) is 0 Å². The number of hydrogen-bond donors (Lipinski definition) is 5. The number of allylic oxidation sites excluding steroid dienone is 1. The number of amides is 1. The molecular weight excluding hydrogens is 819 g/mol. The fraction of sp³-hybridized carbons (Fsp3) is 0.532. The standard InChI is InChI=1S/C47H57NO15/c1-9-24(2)41(55)48-35(28-16-12-10-13-17-28)36(53)43(57)60-30-22-47(58)40(62-42(56)29-18-14-11-15-19-29)38-45(8,31(51)21-32-46(38,23-59-32)63-27(5)50)39(54)37(61-33(52)20-25(3)49)34(26(30)4)44(47,6)7/h9-19,25,30-32,35-38,40,49,51,53,58H,20-23H2,1-8H3,(H,48,55)/b24-9+/t25?,30-,31-,32+,35?,36+,37+,38-,40-,45+,46-,47+/m0/s1. The largest absolute Gasteiger partial charge is 0.456 e. The summed E-state index contributed by atoms with van der Waals surface area (Å²) in [5, 5.41) is 50.5. The van der Waals surface area contributed by atoms with E-state index in [4.69, 9.17) is 23.7 Å². The van der Waals surface area contributed by atoms with Crippen molar-refractivity contribution in [3.8, 4) is 0 Å². The molecule has 1 saturated heterocycles. The van der Waals surface area contributed by atoms with Crippen molar-refractivity contribution < 1.29 is 72.9 Å². The van der Waals surface area contributed by atoms with Crippen molar-refractivity contribution in [1.29, 1.82) is 0 Å². The second-order valence-corrected chi connectivity index (χ2v) is 17.9. The van der Waals surface area contributed by atoms with Crippen LogP contribution in [0.4, 0.5) is 0 Å². The van der Waals surface area contributed by atoms with E-state index in [1.54, 1.807) is 68.5 Å². The van der Waals surface area contributed by atoms with Crippen molar-refractivity contribution in [1.82, 2.24) is 5.32 Å². The van der Waals surface area contributed by atoms with Gasteiger partial charge >= 0.3 is 23.9 Å². The van der Waals surface area contributed by atoms with Crippen molar-refractivity contribution in [2.45, 2.75) is 135 Å². The molecule has 1 heterocycles. The molecule has 2 saturated carbocycles. The Morgan fingerprint density at radius 1 is 0.952 bits per heavy atom. The van der Waals surface area contributed by atoms with Gasteiger partial charge in [0.05, 0.1) is 48.2 Å². The maximum Gasteiger partial charge on any atom is 0.338 e. The summed E-state index contributed by atoms with van der Waals surface area (Å²) in [6, 6.07) is 14.7. The first-order valence-electron chi connectivity index (χ1n) is 21.0. The summed E-state index contributed by atoms with van der Waals surface area (Å²) in [6.45, 7) is 11.3. The minimum absolute atomic E-state index is 0.0502. The lowest BCUT2D eigenvalue weighted by Crippen LogP contribution is -2.82. The summed E-state index contributed by atoms with van der Waals surface area (Å²) in [7, 11) is 0. The smallest absolute Gasteiger partial charge is 0.338 e. The highest BCUT2D eigenvalue weighted by atomic mass is 16.6.